The minimum absolute atomic E-state index is 0.205. The Hall–Kier alpha value is -2.69. The number of carbonyl (C=O) groups is 1. The molecular weight excluding hydrogens is 264 g/mol. The lowest BCUT2D eigenvalue weighted by molar-refractivity contribution is -0.121. The second-order valence-corrected chi connectivity index (χ2v) is 4.72. The van der Waals surface area contributed by atoms with Gasteiger partial charge in [-0.3, -0.25) is 9.78 Å². The van der Waals surface area contributed by atoms with Gasteiger partial charge in [0.25, 0.3) is 5.91 Å². The maximum absolute atomic E-state index is 11.9. The van der Waals surface area contributed by atoms with Gasteiger partial charge in [0.1, 0.15) is 6.04 Å². The van der Waals surface area contributed by atoms with Crippen molar-refractivity contribution in [3.8, 4) is 0 Å². The minimum Gasteiger partial charge on any atom is -0.374 e. The third-order valence-corrected chi connectivity index (χ3v) is 2.85. The molecule has 0 aliphatic rings. The molecular formula is C16H18N4O. The topological polar surface area (TPSA) is 66.4 Å². The summed E-state index contributed by atoms with van der Waals surface area (Å²) < 4.78 is 0. The number of pyridine rings is 1. The summed E-state index contributed by atoms with van der Waals surface area (Å²) in [5, 5.41) is 7.02. The third-order valence-electron chi connectivity index (χ3n) is 2.85. The van der Waals surface area contributed by atoms with Gasteiger partial charge in [-0.05, 0) is 43.7 Å². The van der Waals surface area contributed by atoms with Gasteiger partial charge >= 0.3 is 0 Å². The van der Waals surface area contributed by atoms with Gasteiger partial charge < -0.3 is 5.32 Å². The Morgan fingerprint density at radius 1 is 1.29 bits per heavy atom. The van der Waals surface area contributed by atoms with E-state index in [1.54, 1.807) is 13.1 Å². The van der Waals surface area contributed by atoms with E-state index in [-0.39, 0.29) is 11.9 Å². The van der Waals surface area contributed by atoms with Crippen molar-refractivity contribution in [2.75, 3.05) is 5.32 Å². The van der Waals surface area contributed by atoms with E-state index in [1.807, 2.05) is 49.4 Å². The number of aryl methyl sites for hydroxylation is 1. The first kappa shape index (κ1) is 14.7. The van der Waals surface area contributed by atoms with E-state index in [4.69, 9.17) is 0 Å². The van der Waals surface area contributed by atoms with Crippen molar-refractivity contribution in [1.29, 1.82) is 0 Å². The van der Waals surface area contributed by atoms with Crippen LogP contribution in [0.3, 0.4) is 0 Å². The van der Waals surface area contributed by atoms with Crippen LogP contribution in [0.1, 0.15) is 18.2 Å². The molecule has 1 unspecified atom stereocenters. The zero-order valence-corrected chi connectivity index (χ0v) is 12.1. The molecule has 0 aliphatic heterocycles. The van der Waals surface area contributed by atoms with E-state index in [9.17, 15) is 4.79 Å². The number of anilines is 1. The Morgan fingerprint density at radius 2 is 2.14 bits per heavy atom. The second kappa shape index (κ2) is 7.19. The largest absolute Gasteiger partial charge is 0.374 e. The number of amides is 1. The van der Waals surface area contributed by atoms with Gasteiger partial charge in [-0.1, -0.05) is 18.2 Å². The molecule has 1 atom stereocenters. The van der Waals surface area contributed by atoms with Crippen molar-refractivity contribution in [3.63, 3.8) is 0 Å². The van der Waals surface area contributed by atoms with Crippen LogP contribution in [0, 0.1) is 6.92 Å². The summed E-state index contributed by atoms with van der Waals surface area (Å²) in [5.41, 5.74) is 5.23. The summed E-state index contributed by atoms with van der Waals surface area (Å²) in [4.78, 5) is 16.0. The molecule has 0 saturated carbocycles. The molecule has 1 heterocycles. The summed E-state index contributed by atoms with van der Waals surface area (Å²) in [6.07, 6.45) is 3.18. The lowest BCUT2D eigenvalue weighted by Crippen LogP contribution is -2.34. The molecule has 1 aromatic heterocycles. The number of hydrogen-bond acceptors (Lipinski definition) is 4. The zero-order valence-electron chi connectivity index (χ0n) is 12.1. The van der Waals surface area contributed by atoms with Crippen LogP contribution in [-0.4, -0.2) is 23.1 Å². The Balaban J connectivity index is 1.87. The fourth-order valence-corrected chi connectivity index (χ4v) is 1.76. The highest BCUT2D eigenvalue weighted by atomic mass is 16.2. The van der Waals surface area contributed by atoms with Crippen molar-refractivity contribution >= 4 is 17.8 Å². The van der Waals surface area contributed by atoms with Crippen molar-refractivity contribution in [1.82, 2.24) is 10.4 Å². The van der Waals surface area contributed by atoms with E-state index >= 15 is 0 Å². The normalized spacial score (nSPS) is 12.1. The van der Waals surface area contributed by atoms with E-state index < -0.39 is 0 Å². The molecule has 0 saturated heterocycles. The molecule has 5 nitrogen and oxygen atoms in total. The van der Waals surface area contributed by atoms with E-state index in [0.717, 1.165) is 11.3 Å². The lowest BCUT2D eigenvalue weighted by atomic mass is 10.2. The second-order valence-electron chi connectivity index (χ2n) is 4.72. The predicted molar refractivity (Wildman–Crippen MR) is 84.2 cm³/mol. The lowest BCUT2D eigenvalue weighted by Gasteiger charge is -2.13. The molecule has 21 heavy (non-hydrogen) atoms. The quantitative estimate of drug-likeness (QED) is 0.653. The van der Waals surface area contributed by atoms with Gasteiger partial charge in [-0.2, -0.15) is 5.10 Å². The molecule has 1 aromatic carbocycles. The van der Waals surface area contributed by atoms with Gasteiger partial charge in [0.15, 0.2) is 0 Å². The maximum Gasteiger partial charge on any atom is 0.262 e. The average molecular weight is 282 g/mol. The first-order valence-corrected chi connectivity index (χ1v) is 6.72. The van der Waals surface area contributed by atoms with Crippen LogP contribution in [0.5, 0.6) is 0 Å². The molecule has 0 aliphatic carbocycles. The number of benzene rings is 1. The number of nitrogens with one attached hydrogen (secondary N) is 2. The number of hydrazone groups is 1. The first-order chi connectivity index (χ1) is 10.1. The van der Waals surface area contributed by atoms with E-state index in [2.05, 4.69) is 20.8 Å². The van der Waals surface area contributed by atoms with Crippen molar-refractivity contribution in [3.05, 3.63) is 59.9 Å². The summed E-state index contributed by atoms with van der Waals surface area (Å²) in [6.45, 7) is 3.79. The van der Waals surface area contributed by atoms with Crippen LogP contribution < -0.4 is 10.7 Å². The van der Waals surface area contributed by atoms with Crippen LogP contribution in [0.2, 0.25) is 0 Å². The number of nitrogens with zero attached hydrogens (tertiary/aromatic N) is 2. The number of aromatic nitrogens is 1. The first-order valence-electron chi connectivity index (χ1n) is 6.72. The van der Waals surface area contributed by atoms with Crippen molar-refractivity contribution in [2.24, 2.45) is 5.10 Å². The van der Waals surface area contributed by atoms with Crippen LogP contribution in [0.25, 0.3) is 0 Å². The van der Waals surface area contributed by atoms with Crippen LogP contribution in [-0.2, 0) is 4.79 Å². The van der Waals surface area contributed by atoms with Crippen molar-refractivity contribution < 1.29 is 4.79 Å². The highest BCUT2D eigenvalue weighted by molar-refractivity contribution is 5.85. The Morgan fingerprint density at radius 3 is 2.86 bits per heavy atom. The number of rotatable bonds is 5. The Kier molecular flexibility index (Phi) is 5.04. The fourth-order valence-electron chi connectivity index (χ4n) is 1.76. The number of carbonyl (C=O) groups excluding carboxylic acids is 1. The third kappa shape index (κ3) is 4.72. The summed E-state index contributed by atoms with van der Waals surface area (Å²) >= 11 is 0. The summed E-state index contributed by atoms with van der Waals surface area (Å²) in [7, 11) is 0. The molecule has 0 spiro atoms. The van der Waals surface area contributed by atoms with Crippen LogP contribution >= 0.6 is 0 Å². The van der Waals surface area contributed by atoms with Gasteiger partial charge in [0.05, 0.1) is 11.9 Å². The van der Waals surface area contributed by atoms with Gasteiger partial charge in [-0.25, -0.2) is 5.43 Å². The number of hydrogen-bond donors (Lipinski definition) is 2. The van der Waals surface area contributed by atoms with E-state index in [1.165, 1.54) is 6.21 Å². The SMILES string of the molecule is Cc1cccc(NC(C)C(=O)N/N=C\c2ccccn2)c1. The molecule has 5 heteroatoms. The minimum atomic E-state index is -0.382. The molecule has 1 amide bonds. The summed E-state index contributed by atoms with van der Waals surface area (Å²) in [5.74, 6) is -0.205. The van der Waals surface area contributed by atoms with Gasteiger partial charge in [-0.15, -0.1) is 0 Å². The molecule has 0 radical (unpaired) electrons. The predicted octanol–water partition coefficient (Wildman–Crippen LogP) is 2.34. The molecule has 2 rings (SSSR count). The Bertz CT molecular complexity index is 625. The standard InChI is InChI=1S/C16H18N4O/c1-12-6-5-8-14(10-12)19-13(2)16(21)20-18-11-15-7-3-4-9-17-15/h3-11,13,19H,1-2H3,(H,20,21)/b18-11-. The molecule has 0 bridgehead atoms. The smallest absolute Gasteiger partial charge is 0.262 e. The van der Waals surface area contributed by atoms with E-state index in [0.29, 0.717) is 5.69 Å². The highest BCUT2D eigenvalue weighted by Gasteiger charge is 2.11. The van der Waals surface area contributed by atoms with Gasteiger partial charge in [0, 0.05) is 11.9 Å². The van der Waals surface area contributed by atoms with Crippen LogP contribution in [0.15, 0.2) is 53.8 Å². The molecule has 2 N–H and O–H groups in total. The molecule has 2 aromatic rings. The maximum atomic E-state index is 11.9. The van der Waals surface area contributed by atoms with Crippen LogP contribution in [0.4, 0.5) is 5.69 Å². The Labute approximate surface area is 124 Å². The molecule has 0 fully saturated rings. The molecule has 108 valence electrons. The summed E-state index contributed by atoms with van der Waals surface area (Å²) in [6, 6.07) is 13.0. The monoisotopic (exact) mass is 282 g/mol. The highest BCUT2D eigenvalue weighted by Crippen LogP contribution is 2.10. The fraction of sp³-hybridized carbons (Fsp3) is 0.188. The van der Waals surface area contributed by atoms with Gasteiger partial charge in [0.2, 0.25) is 0 Å². The average Bonchev–Trinajstić information content (AvgIpc) is 2.48. The zero-order chi connectivity index (χ0) is 15.1. The van der Waals surface area contributed by atoms with Crippen molar-refractivity contribution in [2.45, 2.75) is 19.9 Å².